The van der Waals surface area contributed by atoms with Crippen LogP contribution in [0.5, 0.6) is 5.75 Å². The highest BCUT2D eigenvalue weighted by atomic mass is 16.5. The van der Waals surface area contributed by atoms with Crippen molar-refractivity contribution in [1.82, 2.24) is 0 Å². The minimum absolute atomic E-state index is 0.492. The summed E-state index contributed by atoms with van der Waals surface area (Å²) in [7, 11) is 1.67. The third-order valence-corrected chi connectivity index (χ3v) is 2.05. The lowest BCUT2D eigenvalue weighted by Crippen LogP contribution is -2.01. The van der Waals surface area contributed by atoms with Crippen LogP contribution in [-0.2, 0) is 0 Å². The van der Waals surface area contributed by atoms with Crippen LogP contribution in [0.3, 0.4) is 0 Å². The maximum absolute atomic E-state index is 5.49. The summed E-state index contributed by atoms with van der Waals surface area (Å²) in [6, 6.07) is 5.94. The maximum atomic E-state index is 5.49. The van der Waals surface area contributed by atoms with Gasteiger partial charge in [0.2, 0.25) is 0 Å². The van der Waals surface area contributed by atoms with Crippen LogP contribution in [0.2, 0.25) is 0 Å². The smallest absolute Gasteiger partial charge is 0.121 e. The molecule has 1 rings (SSSR count). The summed E-state index contributed by atoms with van der Waals surface area (Å²) in [5.74, 6) is 0.897. The number of hydrogen-bond donors (Lipinski definition) is 1. The van der Waals surface area contributed by atoms with Crippen molar-refractivity contribution in [3.05, 3.63) is 35.9 Å². The molecule has 0 unspecified atom stereocenters. The quantitative estimate of drug-likeness (QED) is 0.766. The molecule has 1 aromatic rings. The Bertz CT molecular complexity index is 318. The Labute approximate surface area is 79.0 Å². The fourth-order valence-corrected chi connectivity index (χ4v) is 1.22. The van der Waals surface area contributed by atoms with Crippen molar-refractivity contribution in [2.45, 2.75) is 6.92 Å². The summed E-state index contributed by atoms with van der Waals surface area (Å²) in [6.07, 6.45) is 0. The molecule has 2 heteroatoms. The molecule has 0 amide bonds. The molecular formula is C11H15NO. The van der Waals surface area contributed by atoms with E-state index < -0.39 is 0 Å². The molecule has 0 bridgehead atoms. The molecule has 0 aliphatic carbocycles. The average molecular weight is 177 g/mol. The Balaban J connectivity index is 3.02. The molecule has 0 radical (unpaired) electrons. The Morgan fingerprint density at radius 3 is 2.69 bits per heavy atom. The van der Waals surface area contributed by atoms with Gasteiger partial charge in [-0.25, -0.2) is 0 Å². The third-order valence-electron chi connectivity index (χ3n) is 2.05. The van der Waals surface area contributed by atoms with E-state index in [1.54, 1.807) is 7.11 Å². The highest BCUT2D eigenvalue weighted by Gasteiger charge is 2.01. The van der Waals surface area contributed by atoms with Crippen LogP contribution in [0.15, 0.2) is 24.8 Å². The van der Waals surface area contributed by atoms with Crippen molar-refractivity contribution in [1.29, 1.82) is 0 Å². The molecule has 0 saturated heterocycles. The van der Waals surface area contributed by atoms with Gasteiger partial charge in [0.1, 0.15) is 5.75 Å². The van der Waals surface area contributed by atoms with Gasteiger partial charge in [-0.1, -0.05) is 12.6 Å². The summed E-state index contributed by atoms with van der Waals surface area (Å²) in [5.41, 5.74) is 8.63. The topological polar surface area (TPSA) is 35.2 Å². The van der Waals surface area contributed by atoms with Gasteiger partial charge in [0.25, 0.3) is 0 Å². The first-order valence-electron chi connectivity index (χ1n) is 4.22. The van der Waals surface area contributed by atoms with Gasteiger partial charge in [0.15, 0.2) is 0 Å². The lowest BCUT2D eigenvalue weighted by atomic mass is 10.0. The lowest BCUT2D eigenvalue weighted by molar-refractivity contribution is 0.411. The second-order valence-electron chi connectivity index (χ2n) is 2.99. The Morgan fingerprint density at radius 1 is 1.54 bits per heavy atom. The van der Waals surface area contributed by atoms with Gasteiger partial charge in [-0.15, -0.1) is 0 Å². The molecule has 70 valence electrons. The van der Waals surface area contributed by atoms with Crippen LogP contribution in [0.25, 0.3) is 5.57 Å². The largest absolute Gasteiger partial charge is 0.496 e. The van der Waals surface area contributed by atoms with Gasteiger partial charge < -0.3 is 10.5 Å². The molecule has 0 aliphatic heterocycles. The van der Waals surface area contributed by atoms with E-state index in [4.69, 9.17) is 10.5 Å². The van der Waals surface area contributed by atoms with Crippen molar-refractivity contribution in [2.75, 3.05) is 13.7 Å². The zero-order chi connectivity index (χ0) is 9.84. The number of methoxy groups -OCH3 is 1. The van der Waals surface area contributed by atoms with Gasteiger partial charge >= 0.3 is 0 Å². The summed E-state index contributed by atoms with van der Waals surface area (Å²) in [6.45, 7) is 6.37. The fourth-order valence-electron chi connectivity index (χ4n) is 1.22. The van der Waals surface area contributed by atoms with E-state index in [1.807, 2.05) is 25.1 Å². The molecule has 0 spiro atoms. The molecule has 1 aromatic carbocycles. The third kappa shape index (κ3) is 2.10. The summed E-state index contributed by atoms with van der Waals surface area (Å²) >= 11 is 0. The predicted octanol–water partition coefficient (Wildman–Crippen LogP) is 1.98. The Hall–Kier alpha value is -1.28. The van der Waals surface area contributed by atoms with E-state index in [9.17, 15) is 0 Å². The molecule has 0 fully saturated rings. The number of ether oxygens (including phenoxy) is 1. The predicted molar refractivity (Wildman–Crippen MR) is 55.8 cm³/mol. The highest BCUT2D eigenvalue weighted by Crippen LogP contribution is 2.21. The minimum Gasteiger partial charge on any atom is -0.496 e. The molecule has 0 saturated carbocycles. The fraction of sp³-hybridized carbons (Fsp3) is 0.273. The second kappa shape index (κ2) is 4.10. The Kier molecular flexibility index (Phi) is 3.09. The van der Waals surface area contributed by atoms with Gasteiger partial charge in [-0.2, -0.15) is 0 Å². The van der Waals surface area contributed by atoms with Crippen molar-refractivity contribution in [3.8, 4) is 5.75 Å². The van der Waals surface area contributed by atoms with Crippen LogP contribution in [0.4, 0.5) is 0 Å². The first-order chi connectivity index (χ1) is 6.19. The normalized spacial score (nSPS) is 9.77. The van der Waals surface area contributed by atoms with Gasteiger partial charge in [0.05, 0.1) is 7.11 Å². The van der Waals surface area contributed by atoms with Gasteiger partial charge in [0, 0.05) is 6.54 Å². The molecule has 2 nitrogen and oxygen atoms in total. The van der Waals surface area contributed by atoms with Crippen LogP contribution < -0.4 is 10.5 Å². The van der Waals surface area contributed by atoms with E-state index >= 15 is 0 Å². The Morgan fingerprint density at radius 2 is 2.23 bits per heavy atom. The maximum Gasteiger partial charge on any atom is 0.121 e. The average Bonchev–Trinajstić information content (AvgIpc) is 2.16. The monoisotopic (exact) mass is 177 g/mol. The number of rotatable bonds is 3. The van der Waals surface area contributed by atoms with Crippen LogP contribution in [0.1, 0.15) is 11.1 Å². The second-order valence-corrected chi connectivity index (χ2v) is 2.99. The van der Waals surface area contributed by atoms with Gasteiger partial charge in [-0.3, -0.25) is 0 Å². The zero-order valence-electron chi connectivity index (χ0n) is 8.13. The first kappa shape index (κ1) is 9.81. The lowest BCUT2D eigenvalue weighted by Gasteiger charge is -2.07. The van der Waals surface area contributed by atoms with Crippen LogP contribution in [-0.4, -0.2) is 13.7 Å². The SMILES string of the molecule is C=C(CN)c1ccc(OC)c(C)c1. The molecule has 0 aromatic heterocycles. The van der Waals surface area contributed by atoms with Crippen molar-refractivity contribution in [2.24, 2.45) is 5.73 Å². The minimum atomic E-state index is 0.492. The number of nitrogens with two attached hydrogens (primary N) is 1. The summed E-state index contributed by atoms with van der Waals surface area (Å²) in [5, 5.41) is 0. The van der Waals surface area contributed by atoms with Crippen molar-refractivity contribution >= 4 is 5.57 Å². The van der Waals surface area contributed by atoms with Gasteiger partial charge in [-0.05, 0) is 35.8 Å². The number of hydrogen-bond acceptors (Lipinski definition) is 2. The zero-order valence-corrected chi connectivity index (χ0v) is 8.13. The van der Waals surface area contributed by atoms with E-state index in [-0.39, 0.29) is 0 Å². The molecule has 0 atom stereocenters. The van der Waals surface area contributed by atoms with E-state index in [0.717, 1.165) is 22.4 Å². The van der Waals surface area contributed by atoms with Crippen molar-refractivity contribution in [3.63, 3.8) is 0 Å². The van der Waals surface area contributed by atoms with Crippen LogP contribution >= 0.6 is 0 Å². The van der Waals surface area contributed by atoms with E-state index in [0.29, 0.717) is 6.54 Å². The molecular weight excluding hydrogens is 162 g/mol. The standard InChI is InChI=1S/C11H15NO/c1-8-6-10(9(2)7-12)4-5-11(8)13-3/h4-6H,2,7,12H2,1,3H3. The summed E-state index contributed by atoms with van der Waals surface area (Å²) < 4.78 is 5.15. The summed E-state index contributed by atoms with van der Waals surface area (Å²) in [4.78, 5) is 0. The number of benzene rings is 1. The highest BCUT2D eigenvalue weighted by molar-refractivity contribution is 5.66. The number of aryl methyl sites for hydroxylation is 1. The molecule has 13 heavy (non-hydrogen) atoms. The van der Waals surface area contributed by atoms with E-state index in [2.05, 4.69) is 6.58 Å². The first-order valence-corrected chi connectivity index (χ1v) is 4.22. The molecule has 0 aliphatic rings. The van der Waals surface area contributed by atoms with Crippen LogP contribution in [0, 0.1) is 6.92 Å². The molecule has 0 heterocycles. The molecule has 2 N–H and O–H groups in total. The van der Waals surface area contributed by atoms with Crippen molar-refractivity contribution < 1.29 is 4.74 Å². The van der Waals surface area contributed by atoms with E-state index in [1.165, 1.54) is 0 Å².